The lowest BCUT2D eigenvalue weighted by Crippen LogP contribution is -2.30. The van der Waals surface area contributed by atoms with Gasteiger partial charge >= 0.3 is 0 Å². The highest BCUT2D eigenvalue weighted by Crippen LogP contribution is 2.35. The average Bonchev–Trinajstić information content (AvgIpc) is 3.13. The fraction of sp³-hybridized carbons (Fsp3) is 0.409. The van der Waals surface area contributed by atoms with Crippen molar-refractivity contribution in [3.05, 3.63) is 58.7 Å². The summed E-state index contributed by atoms with van der Waals surface area (Å²) in [5.74, 6) is 1.31. The number of hydrogen-bond donors (Lipinski definition) is 0. The normalized spacial score (nSPS) is 16.6. The van der Waals surface area contributed by atoms with Crippen molar-refractivity contribution in [3.63, 3.8) is 0 Å². The molecule has 0 aromatic heterocycles. The second-order valence-corrected chi connectivity index (χ2v) is 6.80. The molecule has 1 saturated heterocycles. The minimum absolute atomic E-state index is 0.0503. The van der Waals surface area contributed by atoms with E-state index in [4.69, 9.17) is 9.47 Å². The molecule has 3 rings (SSSR count). The number of hydrogen-bond acceptors (Lipinski definition) is 3. The van der Waals surface area contributed by atoms with E-state index >= 15 is 0 Å². The van der Waals surface area contributed by atoms with Crippen LogP contribution >= 0.6 is 0 Å². The topological polar surface area (TPSA) is 38.8 Å². The Kier molecular flexibility index (Phi) is 5.50. The molecule has 0 spiro atoms. The van der Waals surface area contributed by atoms with Gasteiger partial charge in [0.15, 0.2) is 11.5 Å². The summed E-state index contributed by atoms with van der Waals surface area (Å²) in [7, 11) is 1.61. The van der Waals surface area contributed by atoms with E-state index < -0.39 is 0 Å². The van der Waals surface area contributed by atoms with Crippen molar-refractivity contribution in [1.82, 2.24) is 4.90 Å². The molecule has 2 aromatic carbocycles. The lowest BCUT2D eigenvalue weighted by molar-refractivity contribution is 0.0735. The van der Waals surface area contributed by atoms with Crippen molar-refractivity contribution in [2.24, 2.45) is 0 Å². The first-order valence-corrected chi connectivity index (χ1v) is 9.24. The van der Waals surface area contributed by atoms with Gasteiger partial charge in [-0.2, -0.15) is 0 Å². The summed E-state index contributed by atoms with van der Waals surface area (Å²) in [5.41, 5.74) is 4.41. The Morgan fingerprint density at radius 2 is 1.92 bits per heavy atom. The average molecular weight is 353 g/mol. The van der Waals surface area contributed by atoms with Crippen LogP contribution in [0.5, 0.6) is 11.5 Å². The molecule has 1 heterocycles. The van der Waals surface area contributed by atoms with Crippen LogP contribution in [0.4, 0.5) is 0 Å². The van der Waals surface area contributed by atoms with Crippen LogP contribution in [0, 0.1) is 13.8 Å². The Bertz CT molecular complexity index is 800. The molecule has 2 aromatic rings. The lowest BCUT2D eigenvalue weighted by Gasteiger charge is -2.26. The van der Waals surface area contributed by atoms with Crippen LogP contribution in [0.2, 0.25) is 0 Å². The zero-order valence-corrected chi connectivity index (χ0v) is 16.0. The fourth-order valence-corrected chi connectivity index (χ4v) is 3.57. The molecule has 1 atom stereocenters. The van der Waals surface area contributed by atoms with Gasteiger partial charge in [-0.1, -0.05) is 18.2 Å². The second-order valence-electron chi connectivity index (χ2n) is 6.80. The number of rotatable bonds is 5. The van der Waals surface area contributed by atoms with Crippen molar-refractivity contribution in [1.29, 1.82) is 0 Å². The van der Waals surface area contributed by atoms with E-state index in [-0.39, 0.29) is 11.9 Å². The molecule has 0 N–H and O–H groups in total. The number of amides is 1. The number of benzene rings is 2. The number of nitrogens with zero attached hydrogens (tertiary/aromatic N) is 1. The van der Waals surface area contributed by atoms with E-state index in [1.54, 1.807) is 19.2 Å². The van der Waals surface area contributed by atoms with Gasteiger partial charge in [0.25, 0.3) is 5.91 Å². The van der Waals surface area contributed by atoms with E-state index in [0.29, 0.717) is 23.7 Å². The fourth-order valence-electron chi connectivity index (χ4n) is 3.57. The van der Waals surface area contributed by atoms with Gasteiger partial charge in [-0.15, -0.1) is 0 Å². The standard InChI is InChI=1S/C22H27NO3/c1-5-26-21-14-18(10-11-20(21)25-4)22(24)23-12-6-7-19(23)17-9-8-15(2)16(3)13-17/h8-11,13-14,19H,5-7,12H2,1-4H3. The summed E-state index contributed by atoms with van der Waals surface area (Å²) in [6.45, 7) is 7.47. The Hall–Kier alpha value is -2.49. The smallest absolute Gasteiger partial charge is 0.254 e. The highest BCUT2D eigenvalue weighted by molar-refractivity contribution is 5.95. The molecule has 26 heavy (non-hydrogen) atoms. The van der Waals surface area contributed by atoms with Gasteiger partial charge in [-0.25, -0.2) is 0 Å². The molecule has 1 unspecified atom stereocenters. The Morgan fingerprint density at radius 3 is 2.62 bits per heavy atom. The van der Waals surface area contributed by atoms with Gasteiger partial charge in [0.1, 0.15) is 0 Å². The lowest BCUT2D eigenvalue weighted by atomic mass is 9.99. The molecule has 1 fully saturated rings. The number of aryl methyl sites for hydroxylation is 2. The van der Waals surface area contributed by atoms with Crippen molar-refractivity contribution < 1.29 is 14.3 Å². The third-order valence-electron chi connectivity index (χ3n) is 5.14. The summed E-state index contributed by atoms with van der Waals surface area (Å²) in [6, 6.07) is 12.1. The predicted molar refractivity (Wildman–Crippen MR) is 103 cm³/mol. The Balaban J connectivity index is 1.88. The van der Waals surface area contributed by atoms with Crippen molar-refractivity contribution in [2.75, 3.05) is 20.3 Å². The summed E-state index contributed by atoms with van der Waals surface area (Å²) in [6.07, 6.45) is 2.03. The molecule has 138 valence electrons. The van der Waals surface area contributed by atoms with Crippen molar-refractivity contribution in [2.45, 2.75) is 39.7 Å². The van der Waals surface area contributed by atoms with Crippen LogP contribution in [-0.4, -0.2) is 31.1 Å². The van der Waals surface area contributed by atoms with E-state index in [2.05, 4.69) is 32.0 Å². The first kappa shape index (κ1) is 18.3. The maximum atomic E-state index is 13.2. The predicted octanol–water partition coefficient (Wildman–Crippen LogP) is 4.69. The minimum atomic E-state index is 0.0503. The highest BCUT2D eigenvalue weighted by Gasteiger charge is 2.31. The second kappa shape index (κ2) is 7.81. The van der Waals surface area contributed by atoms with E-state index in [9.17, 15) is 4.79 Å². The number of likely N-dealkylation sites (tertiary alicyclic amines) is 1. The molecular formula is C22H27NO3. The Labute approximate surface area is 155 Å². The van der Waals surface area contributed by atoms with Gasteiger partial charge in [-0.3, -0.25) is 4.79 Å². The summed E-state index contributed by atoms with van der Waals surface area (Å²) in [5, 5.41) is 0. The number of ether oxygens (including phenoxy) is 2. The Morgan fingerprint density at radius 1 is 1.12 bits per heavy atom. The summed E-state index contributed by atoms with van der Waals surface area (Å²) >= 11 is 0. The van der Waals surface area contributed by atoms with Crippen LogP contribution in [0.25, 0.3) is 0 Å². The molecule has 4 heteroatoms. The zero-order valence-electron chi connectivity index (χ0n) is 16.0. The molecule has 0 radical (unpaired) electrons. The molecular weight excluding hydrogens is 326 g/mol. The van der Waals surface area contributed by atoms with Crippen LogP contribution in [0.3, 0.4) is 0 Å². The van der Waals surface area contributed by atoms with Gasteiger partial charge in [-0.05, 0) is 68.5 Å². The first-order valence-electron chi connectivity index (χ1n) is 9.24. The van der Waals surface area contributed by atoms with Crippen LogP contribution in [0.15, 0.2) is 36.4 Å². The van der Waals surface area contributed by atoms with E-state index in [1.165, 1.54) is 16.7 Å². The molecule has 4 nitrogen and oxygen atoms in total. The minimum Gasteiger partial charge on any atom is -0.493 e. The molecule has 1 aliphatic heterocycles. The van der Waals surface area contributed by atoms with Crippen LogP contribution < -0.4 is 9.47 Å². The van der Waals surface area contributed by atoms with Gasteiger partial charge in [0.05, 0.1) is 19.8 Å². The number of methoxy groups -OCH3 is 1. The van der Waals surface area contributed by atoms with Crippen molar-refractivity contribution in [3.8, 4) is 11.5 Å². The number of carbonyl (C=O) groups is 1. The molecule has 1 amide bonds. The maximum Gasteiger partial charge on any atom is 0.254 e. The third kappa shape index (κ3) is 3.55. The summed E-state index contributed by atoms with van der Waals surface area (Å²) < 4.78 is 10.9. The van der Waals surface area contributed by atoms with E-state index in [0.717, 1.165) is 19.4 Å². The quantitative estimate of drug-likeness (QED) is 0.783. The van der Waals surface area contributed by atoms with Gasteiger partial charge in [0, 0.05) is 12.1 Å². The summed E-state index contributed by atoms with van der Waals surface area (Å²) in [4.78, 5) is 15.2. The molecule has 1 aliphatic rings. The van der Waals surface area contributed by atoms with Crippen LogP contribution in [0.1, 0.15) is 52.9 Å². The SMILES string of the molecule is CCOc1cc(C(=O)N2CCCC2c2ccc(C)c(C)c2)ccc1OC. The van der Waals surface area contributed by atoms with Gasteiger partial charge in [0.2, 0.25) is 0 Å². The molecule has 0 saturated carbocycles. The maximum absolute atomic E-state index is 13.2. The largest absolute Gasteiger partial charge is 0.493 e. The monoisotopic (exact) mass is 353 g/mol. The first-order chi connectivity index (χ1) is 12.5. The van der Waals surface area contributed by atoms with Gasteiger partial charge < -0.3 is 14.4 Å². The zero-order chi connectivity index (χ0) is 18.7. The van der Waals surface area contributed by atoms with Crippen LogP contribution in [-0.2, 0) is 0 Å². The number of carbonyl (C=O) groups excluding carboxylic acids is 1. The highest BCUT2D eigenvalue weighted by atomic mass is 16.5. The molecule has 0 bridgehead atoms. The van der Waals surface area contributed by atoms with Crippen molar-refractivity contribution >= 4 is 5.91 Å². The molecule has 0 aliphatic carbocycles. The third-order valence-corrected chi connectivity index (χ3v) is 5.14. The van der Waals surface area contributed by atoms with E-state index in [1.807, 2.05) is 17.9 Å².